The average Bonchev–Trinajstić information content (AvgIpc) is 2.80. The zero-order valence-electron chi connectivity index (χ0n) is 10.8. The number of benzene rings is 1. The van der Waals surface area contributed by atoms with Crippen LogP contribution in [0.3, 0.4) is 0 Å². The summed E-state index contributed by atoms with van der Waals surface area (Å²) in [7, 11) is 0. The quantitative estimate of drug-likeness (QED) is 0.871. The molecule has 3 rings (SSSR count). The van der Waals surface area contributed by atoms with E-state index in [1.165, 1.54) is 4.57 Å². The maximum atomic E-state index is 10.1. The average molecular weight is 261 g/mol. The van der Waals surface area contributed by atoms with Gasteiger partial charge >= 0.3 is 0 Å². The molecule has 0 bridgehead atoms. The van der Waals surface area contributed by atoms with Gasteiger partial charge < -0.3 is 19.7 Å². The molecular formula is C14H15NO4. The van der Waals surface area contributed by atoms with E-state index in [9.17, 15) is 10.2 Å². The van der Waals surface area contributed by atoms with E-state index >= 15 is 0 Å². The van der Waals surface area contributed by atoms with Crippen molar-refractivity contribution in [2.24, 2.45) is 0 Å². The topological polar surface area (TPSA) is 63.9 Å². The van der Waals surface area contributed by atoms with Crippen LogP contribution in [0.15, 0.2) is 30.3 Å². The van der Waals surface area contributed by atoms with Crippen molar-refractivity contribution in [3.8, 4) is 23.3 Å². The van der Waals surface area contributed by atoms with Gasteiger partial charge in [0.15, 0.2) is 0 Å². The van der Waals surface area contributed by atoms with Crippen molar-refractivity contribution < 1.29 is 19.7 Å². The molecule has 0 fully saturated rings. The molecule has 1 aliphatic rings. The minimum absolute atomic E-state index is 0.123. The summed E-state index contributed by atoms with van der Waals surface area (Å²) >= 11 is 0. The molecule has 0 spiro atoms. The second-order valence-electron chi connectivity index (χ2n) is 4.98. The Morgan fingerprint density at radius 2 is 1.53 bits per heavy atom. The van der Waals surface area contributed by atoms with Gasteiger partial charge in [0.25, 0.3) is 0 Å². The number of hydrogen-bond donors (Lipinski definition) is 2. The monoisotopic (exact) mass is 261 g/mol. The number of ether oxygens (including phenoxy) is 2. The Balaban J connectivity index is 1.98. The summed E-state index contributed by atoms with van der Waals surface area (Å²) in [6.07, 6.45) is 0. The van der Waals surface area contributed by atoms with E-state index in [0.717, 1.165) is 5.56 Å². The lowest BCUT2D eigenvalue weighted by Gasteiger charge is -2.18. The van der Waals surface area contributed by atoms with E-state index in [-0.39, 0.29) is 23.3 Å². The minimum Gasteiger partial charge on any atom is -0.492 e. The molecule has 0 aliphatic carbocycles. The smallest absolute Gasteiger partial charge is 0.246 e. The number of hydrogen-bond acceptors (Lipinski definition) is 4. The molecule has 0 radical (unpaired) electrons. The Labute approximate surface area is 110 Å². The summed E-state index contributed by atoms with van der Waals surface area (Å²) in [5.74, 6) is -0.730. The van der Waals surface area contributed by atoms with Crippen LogP contribution in [-0.4, -0.2) is 20.6 Å². The maximum Gasteiger partial charge on any atom is 0.246 e. The van der Waals surface area contributed by atoms with Gasteiger partial charge in [-0.15, -0.1) is 0 Å². The third kappa shape index (κ3) is 1.87. The Hall–Kier alpha value is -2.30. The molecule has 1 aliphatic heterocycles. The molecule has 2 aromatic rings. The van der Waals surface area contributed by atoms with Gasteiger partial charge in [-0.3, -0.25) is 4.57 Å². The third-order valence-corrected chi connectivity index (χ3v) is 3.00. The Morgan fingerprint density at radius 1 is 1.00 bits per heavy atom. The predicted octanol–water partition coefficient (Wildman–Crippen LogP) is 2.45. The third-order valence-electron chi connectivity index (χ3n) is 3.00. The van der Waals surface area contributed by atoms with Crippen LogP contribution in [0, 0.1) is 0 Å². The van der Waals surface area contributed by atoms with Gasteiger partial charge in [-0.05, 0) is 5.56 Å². The number of aromatic nitrogens is 1. The summed E-state index contributed by atoms with van der Waals surface area (Å²) in [5, 5.41) is 20.2. The molecule has 1 aromatic carbocycles. The van der Waals surface area contributed by atoms with Crippen LogP contribution in [0.5, 0.6) is 23.3 Å². The molecule has 5 nitrogen and oxygen atoms in total. The molecule has 0 saturated carbocycles. The van der Waals surface area contributed by atoms with Crippen molar-refractivity contribution >= 4 is 0 Å². The fraction of sp³-hybridized carbons (Fsp3) is 0.286. The number of fused-ring (bicyclic) bond motifs is 1. The van der Waals surface area contributed by atoms with Gasteiger partial charge in [-0.1, -0.05) is 30.3 Å². The second-order valence-corrected chi connectivity index (χ2v) is 4.98. The van der Waals surface area contributed by atoms with Crippen molar-refractivity contribution in [3.05, 3.63) is 35.9 Å². The summed E-state index contributed by atoms with van der Waals surface area (Å²) in [4.78, 5) is 0. The summed E-state index contributed by atoms with van der Waals surface area (Å²) in [6, 6.07) is 9.53. The minimum atomic E-state index is -0.870. The first-order valence-electron chi connectivity index (χ1n) is 6.04. The predicted molar refractivity (Wildman–Crippen MR) is 68.6 cm³/mol. The molecule has 0 amide bonds. The summed E-state index contributed by atoms with van der Waals surface area (Å²) < 4.78 is 12.3. The Bertz CT molecular complexity index is 585. The Kier molecular flexibility index (Phi) is 2.38. The highest BCUT2D eigenvalue weighted by atomic mass is 16.7. The first kappa shape index (κ1) is 11.8. The van der Waals surface area contributed by atoms with Crippen LogP contribution in [0.4, 0.5) is 0 Å². The van der Waals surface area contributed by atoms with E-state index < -0.39 is 5.79 Å². The van der Waals surface area contributed by atoms with E-state index in [0.29, 0.717) is 6.54 Å². The SMILES string of the molecule is CC1(C)Oc2c(c(O)n(Cc3ccccc3)c2O)O1. The van der Waals surface area contributed by atoms with Gasteiger partial charge in [0.2, 0.25) is 29.0 Å². The van der Waals surface area contributed by atoms with Gasteiger partial charge in [-0.2, -0.15) is 0 Å². The summed E-state index contributed by atoms with van der Waals surface area (Å²) in [6.45, 7) is 3.78. The van der Waals surface area contributed by atoms with Crippen LogP contribution in [-0.2, 0) is 6.54 Å². The molecule has 2 N–H and O–H groups in total. The summed E-state index contributed by atoms with van der Waals surface area (Å²) in [5.41, 5.74) is 0.959. The lowest BCUT2D eigenvalue weighted by molar-refractivity contribution is -0.0469. The van der Waals surface area contributed by atoms with Crippen LogP contribution >= 0.6 is 0 Å². The fourth-order valence-corrected chi connectivity index (χ4v) is 2.16. The van der Waals surface area contributed by atoms with Crippen LogP contribution in [0.1, 0.15) is 19.4 Å². The highest BCUT2D eigenvalue weighted by Gasteiger charge is 2.40. The first-order valence-corrected chi connectivity index (χ1v) is 6.04. The molecule has 5 heteroatoms. The molecule has 0 unspecified atom stereocenters. The van der Waals surface area contributed by atoms with Crippen LogP contribution in [0.25, 0.3) is 0 Å². The van der Waals surface area contributed by atoms with Crippen molar-refractivity contribution in [2.75, 3.05) is 0 Å². The van der Waals surface area contributed by atoms with Gasteiger partial charge in [0, 0.05) is 13.8 Å². The molecule has 0 saturated heterocycles. The lowest BCUT2D eigenvalue weighted by Crippen LogP contribution is -2.30. The molecular weight excluding hydrogens is 246 g/mol. The molecule has 2 heterocycles. The molecule has 1 aromatic heterocycles. The van der Waals surface area contributed by atoms with Crippen molar-refractivity contribution in [1.82, 2.24) is 4.57 Å². The van der Waals surface area contributed by atoms with Crippen LogP contribution < -0.4 is 9.47 Å². The van der Waals surface area contributed by atoms with Crippen LogP contribution in [0.2, 0.25) is 0 Å². The van der Waals surface area contributed by atoms with E-state index in [1.54, 1.807) is 13.8 Å². The number of rotatable bonds is 2. The molecule has 100 valence electrons. The van der Waals surface area contributed by atoms with Gasteiger partial charge in [0.1, 0.15) is 0 Å². The van der Waals surface area contributed by atoms with Crippen molar-refractivity contribution in [1.29, 1.82) is 0 Å². The van der Waals surface area contributed by atoms with Crippen molar-refractivity contribution in [3.63, 3.8) is 0 Å². The highest BCUT2D eigenvalue weighted by molar-refractivity contribution is 5.59. The van der Waals surface area contributed by atoms with Gasteiger partial charge in [0.05, 0.1) is 6.54 Å². The standard InChI is InChI=1S/C14H15NO4/c1-14(2)18-10-11(19-14)13(17)15(12(10)16)8-9-6-4-3-5-7-9/h3-7,16-17H,8H2,1-2H3. The van der Waals surface area contributed by atoms with E-state index in [2.05, 4.69) is 0 Å². The van der Waals surface area contributed by atoms with E-state index in [1.807, 2.05) is 30.3 Å². The fourth-order valence-electron chi connectivity index (χ4n) is 2.16. The lowest BCUT2D eigenvalue weighted by atomic mass is 10.2. The normalized spacial score (nSPS) is 15.7. The zero-order chi connectivity index (χ0) is 13.6. The highest BCUT2D eigenvalue weighted by Crippen LogP contribution is 2.53. The molecule has 19 heavy (non-hydrogen) atoms. The Morgan fingerprint density at radius 3 is 2.05 bits per heavy atom. The maximum absolute atomic E-state index is 10.1. The largest absolute Gasteiger partial charge is 0.492 e. The second kappa shape index (κ2) is 3.85. The van der Waals surface area contributed by atoms with Crippen molar-refractivity contribution in [2.45, 2.75) is 26.2 Å². The first-order chi connectivity index (χ1) is 8.98. The molecule has 0 atom stereocenters. The number of aromatic hydroxyl groups is 2. The zero-order valence-corrected chi connectivity index (χ0v) is 10.8. The van der Waals surface area contributed by atoms with Gasteiger partial charge in [-0.25, -0.2) is 0 Å². The van der Waals surface area contributed by atoms with E-state index in [4.69, 9.17) is 9.47 Å². The number of nitrogens with zero attached hydrogens (tertiary/aromatic N) is 1.